The molecule has 6 nitrogen and oxygen atoms in total. The van der Waals surface area contributed by atoms with Crippen molar-refractivity contribution in [2.75, 3.05) is 13.2 Å². The number of rotatable bonds is 57. The summed E-state index contributed by atoms with van der Waals surface area (Å²) in [7, 11) is 0. The summed E-state index contributed by atoms with van der Waals surface area (Å²) in [6.07, 6.45) is 89.1. The smallest absolute Gasteiger partial charge is 0.306 e. The summed E-state index contributed by atoms with van der Waals surface area (Å²) in [4.78, 5) is 38.3. The number of ether oxygens (including phenoxy) is 3. The Bertz CT molecular complexity index is 1600. The SMILES string of the molecule is CC/C=C\C/C=C\C/C=C\C/C=C\C/C=C\C/C=C\CCCCCCCCC(=O)OCC(COC(=O)CCCCCCCCCCCCCCCCCCC)OC(=O)CCCCCC/C=C\C/C=C\C/C=C\C/C=C\CC. The van der Waals surface area contributed by atoms with Gasteiger partial charge in [0.15, 0.2) is 6.10 Å². The Kier molecular flexibility index (Phi) is 60.8. The summed E-state index contributed by atoms with van der Waals surface area (Å²) in [5.74, 6) is -0.925. The van der Waals surface area contributed by atoms with Gasteiger partial charge < -0.3 is 14.2 Å². The molecule has 0 aromatic heterocycles. The first-order valence-corrected chi connectivity index (χ1v) is 32.0. The van der Waals surface area contributed by atoms with Crippen LogP contribution in [0.4, 0.5) is 0 Å². The van der Waals surface area contributed by atoms with E-state index in [-0.39, 0.29) is 31.1 Å². The van der Waals surface area contributed by atoms with Crippen molar-refractivity contribution in [3.05, 3.63) is 122 Å². The second-order valence-corrected chi connectivity index (χ2v) is 20.9. The van der Waals surface area contributed by atoms with Gasteiger partial charge in [-0.3, -0.25) is 14.4 Å². The zero-order valence-corrected chi connectivity index (χ0v) is 50.2. The largest absolute Gasteiger partial charge is 0.462 e. The third-order valence-electron chi connectivity index (χ3n) is 13.5. The Morgan fingerprint density at radius 3 is 0.792 bits per heavy atom. The molecule has 0 saturated heterocycles. The van der Waals surface area contributed by atoms with Crippen molar-refractivity contribution >= 4 is 17.9 Å². The van der Waals surface area contributed by atoms with Gasteiger partial charge in [-0.25, -0.2) is 0 Å². The Morgan fingerprint density at radius 2 is 0.506 bits per heavy atom. The van der Waals surface area contributed by atoms with Gasteiger partial charge in [0.2, 0.25) is 0 Å². The van der Waals surface area contributed by atoms with Gasteiger partial charge in [0, 0.05) is 19.3 Å². The molecule has 0 amide bonds. The molecule has 0 aromatic carbocycles. The standard InChI is InChI=1S/C71H118O6/c1-4-7-10-13-16-19-22-25-28-31-32-33-34-35-36-37-38-41-43-46-49-52-55-58-61-64-70(73)76-67-68(77-71(74)65-62-59-56-53-50-47-44-40-30-27-24-21-18-15-12-9-6-3)66-75-69(72)63-60-57-54-51-48-45-42-39-29-26-23-20-17-14-11-8-5-2/h7,9-10,12,16,18-19,21,25,27-28,30,32-33,35-36,38,41,44,47,68H,4-6,8,11,13-15,17,20,22-24,26,29,31,34,37,39-40,42-43,45-46,48-67H2,1-3H3/b10-7-,12-9-,19-16-,21-18-,28-25-,30-27-,33-32-,36-35-,41-38-,47-44-. The lowest BCUT2D eigenvalue weighted by Crippen LogP contribution is -2.30. The minimum absolute atomic E-state index is 0.0930. The molecule has 0 radical (unpaired) electrons. The van der Waals surface area contributed by atoms with Crippen LogP contribution < -0.4 is 0 Å². The number of carbonyl (C=O) groups is 3. The fraction of sp³-hybridized carbons (Fsp3) is 0.676. The number of unbranched alkanes of at least 4 members (excludes halogenated alkanes) is 26. The van der Waals surface area contributed by atoms with Gasteiger partial charge in [-0.05, 0) is 109 Å². The molecule has 1 unspecified atom stereocenters. The maximum atomic E-state index is 12.9. The first kappa shape index (κ1) is 72.8. The molecule has 0 rings (SSSR count). The molecule has 0 aromatic rings. The van der Waals surface area contributed by atoms with Crippen molar-refractivity contribution in [3.63, 3.8) is 0 Å². The second-order valence-electron chi connectivity index (χ2n) is 20.9. The average molecular weight is 1070 g/mol. The maximum absolute atomic E-state index is 12.9. The molecule has 0 aliphatic heterocycles. The van der Waals surface area contributed by atoms with Gasteiger partial charge >= 0.3 is 17.9 Å². The molecule has 0 fully saturated rings. The lowest BCUT2D eigenvalue weighted by Gasteiger charge is -2.18. The number of esters is 3. The third-order valence-corrected chi connectivity index (χ3v) is 13.5. The monoisotopic (exact) mass is 1070 g/mol. The van der Waals surface area contributed by atoms with Gasteiger partial charge in [-0.2, -0.15) is 0 Å². The number of carbonyl (C=O) groups excluding carboxylic acids is 3. The first-order valence-electron chi connectivity index (χ1n) is 32.0. The molecule has 1 atom stereocenters. The highest BCUT2D eigenvalue weighted by Gasteiger charge is 2.19. The van der Waals surface area contributed by atoms with Crippen LogP contribution in [0.2, 0.25) is 0 Å². The topological polar surface area (TPSA) is 78.9 Å². The van der Waals surface area contributed by atoms with Crippen LogP contribution in [0, 0.1) is 0 Å². The van der Waals surface area contributed by atoms with E-state index in [9.17, 15) is 14.4 Å². The van der Waals surface area contributed by atoms with E-state index >= 15 is 0 Å². The molecular weight excluding hydrogens is 949 g/mol. The van der Waals surface area contributed by atoms with Gasteiger partial charge in [0.05, 0.1) is 0 Å². The fourth-order valence-electron chi connectivity index (χ4n) is 8.73. The predicted octanol–water partition coefficient (Wildman–Crippen LogP) is 22.0. The summed E-state index contributed by atoms with van der Waals surface area (Å²) in [5, 5.41) is 0. The minimum atomic E-state index is -0.801. The van der Waals surface area contributed by atoms with E-state index in [1.54, 1.807) is 0 Å². The predicted molar refractivity (Wildman–Crippen MR) is 334 cm³/mol. The van der Waals surface area contributed by atoms with Crippen LogP contribution in [0.5, 0.6) is 0 Å². The highest BCUT2D eigenvalue weighted by molar-refractivity contribution is 5.71. The van der Waals surface area contributed by atoms with Crippen LogP contribution in [0.1, 0.15) is 290 Å². The molecular formula is C71H118O6. The van der Waals surface area contributed by atoms with Crippen LogP contribution in [-0.2, 0) is 28.6 Å². The van der Waals surface area contributed by atoms with Crippen LogP contribution in [0.3, 0.4) is 0 Å². The second kappa shape index (κ2) is 64.3. The molecule has 0 aliphatic carbocycles. The number of hydrogen-bond acceptors (Lipinski definition) is 6. The maximum Gasteiger partial charge on any atom is 0.306 e. The summed E-state index contributed by atoms with van der Waals surface area (Å²) in [6.45, 7) is 6.40. The van der Waals surface area contributed by atoms with E-state index in [2.05, 4.69) is 142 Å². The summed E-state index contributed by atoms with van der Waals surface area (Å²) < 4.78 is 16.9. The average Bonchev–Trinajstić information content (AvgIpc) is 3.43. The molecule has 0 bridgehead atoms. The molecule has 0 spiro atoms. The molecule has 0 saturated carbocycles. The quantitative estimate of drug-likeness (QED) is 0.0261. The van der Waals surface area contributed by atoms with E-state index in [0.717, 1.165) is 148 Å². The van der Waals surface area contributed by atoms with E-state index in [0.29, 0.717) is 19.3 Å². The molecule has 438 valence electrons. The van der Waals surface area contributed by atoms with Crippen molar-refractivity contribution in [2.45, 2.75) is 297 Å². The number of hydrogen-bond donors (Lipinski definition) is 0. The lowest BCUT2D eigenvalue weighted by molar-refractivity contribution is -0.167. The molecule has 0 heterocycles. The van der Waals surface area contributed by atoms with Crippen LogP contribution >= 0.6 is 0 Å². The first-order chi connectivity index (χ1) is 38.0. The van der Waals surface area contributed by atoms with Crippen molar-refractivity contribution in [1.82, 2.24) is 0 Å². The van der Waals surface area contributed by atoms with Crippen molar-refractivity contribution in [1.29, 1.82) is 0 Å². The Balaban J connectivity index is 4.43. The lowest BCUT2D eigenvalue weighted by atomic mass is 10.0. The third kappa shape index (κ3) is 62.5. The zero-order chi connectivity index (χ0) is 55.7. The fourth-order valence-corrected chi connectivity index (χ4v) is 8.73. The van der Waals surface area contributed by atoms with E-state index in [1.807, 2.05) is 0 Å². The van der Waals surface area contributed by atoms with Crippen LogP contribution in [-0.4, -0.2) is 37.2 Å². The van der Waals surface area contributed by atoms with Gasteiger partial charge in [-0.1, -0.05) is 284 Å². The summed E-state index contributed by atoms with van der Waals surface area (Å²) >= 11 is 0. The Hall–Kier alpha value is -4.19. The van der Waals surface area contributed by atoms with Gasteiger partial charge in [0.1, 0.15) is 13.2 Å². The normalized spacial score (nSPS) is 12.9. The molecule has 0 N–H and O–H groups in total. The van der Waals surface area contributed by atoms with Gasteiger partial charge in [-0.15, -0.1) is 0 Å². The minimum Gasteiger partial charge on any atom is -0.462 e. The van der Waals surface area contributed by atoms with Crippen molar-refractivity contribution in [2.24, 2.45) is 0 Å². The zero-order valence-electron chi connectivity index (χ0n) is 50.2. The van der Waals surface area contributed by atoms with E-state index in [1.165, 1.54) is 103 Å². The van der Waals surface area contributed by atoms with Crippen LogP contribution in [0.15, 0.2) is 122 Å². The van der Waals surface area contributed by atoms with Crippen LogP contribution in [0.25, 0.3) is 0 Å². The van der Waals surface area contributed by atoms with E-state index < -0.39 is 6.10 Å². The van der Waals surface area contributed by atoms with Gasteiger partial charge in [0.25, 0.3) is 0 Å². The van der Waals surface area contributed by atoms with Crippen molar-refractivity contribution < 1.29 is 28.6 Å². The Labute approximate surface area is 475 Å². The van der Waals surface area contributed by atoms with Crippen molar-refractivity contribution in [3.8, 4) is 0 Å². The molecule has 6 heteroatoms. The summed E-state index contributed by atoms with van der Waals surface area (Å²) in [6, 6.07) is 0. The Morgan fingerprint density at radius 1 is 0.273 bits per heavy atom. The van der Waals surface area contributed by atoms with E-state index in [4.69, 9.17) is 14.2 Å². The highest BCUT2D eigenvalue weighted by atomic mass is 16.6. The molecule has 77 heavy (non-hydrogen) atoms. The highest BCUT2D eigenvalue weighted by Crippen LogP contribution is 2.16. The number of allylic oxidation sites excluding steroid dienone is 20. The summed E-state index contributed by atoms with van der Waals surface area (Å²) in [5.41, 5.74) is 0. The molecule has 0 aliphatic rings.